The molecule has 2 aromatic rings. The molecule has 0 bridgehead atoms. The van der Waals surface area contributed by atoms with Crippen LogP contribution >= 0.6 is 31.9 Å². The number of halogens is 2. The van der Waals surface area contributed by atoms with Gasteiger partial charge in [0.2, 0.25) is 11.8 Å². The number of benzene rings is 2. The summed E-state index contributed by atoms with van der Waals surface area (Å²) >= 11 is 6.92. The van der Waals surface area contributed by atoms with Crippen LogP contribution in [0.15, 0.2) is 45.3 Å². The lowest BCUT2D eigenvalue weighted by atomic mass is 10.1. The molecular weight excluding hydrogens is 474 g/mol. The van der Waals surface area contributed by atoms with E-state index >= 15 is 0 Å². The van der Waals surface area contributed by atoms with Crippen molar-refractivity contribution in [1.82, 2.24) is 4.90 Å². The van der Waals surface area contributed by atoms with Gasteiger partial charge in [-0.05, 0) is 81.6 Å². The van der Waals surface area contributed by atoms with Crippen molar-refractivity contribution in [2.24, 2.45) is 0 Å². The molecule has 144 valence electrons. The van der Waals surface area contributed by atoms with Gasteiger partial charge in [0.05, 0.1) is 18.8 Å². The number of likely N-dealkylation sites (N-methyl/N-ethyl adjacent to an activating group) is 1. The second-order valence-corrected chi connectivity index (χ2v) is 8.09. The van der Waals surface area contributed by atoms with E-state index < -0.39 is 0 Å². The largest absolute Gasteiger partial charge is 0.325 e. The average Bonchev–Trinajstić information content (AvgIpc) is 2.58. The molecule has 0 saturated carbocycles. The molecule has 0 atom stereocenters. The van der Waals surface area contributed by atoms with Crippen LogP contribution in [0, 0.1) is 6.92 Å². The minimum Gasteiger partial charge on any atom is -0.325 e. The molecule has 0 aliphatic rings. The third kappa shape index (κ3) is 6.45. The van der Waals surface area contributed by atoms with Gasteiger partial charge in [-0.2, -0.15) is 0 Å². The van der Waals surface area contributed by atoms with Gasteiger partial charge in [-0.3, -0.25) is 14.5 Å². The molecule has 0 unspecified atom stereocenters. The van der Waals surface area contributed by atoms with Gasteiger partial charge >= 0.3 is 0 Å². The summed E-state index contributed by atoms with van der Waals surface area (Å²) in [6.45, 7) is 4.25. The lowest BCUT2D eigenvalue weighted by Gasteiger charge is -2.18. The monoisotopic (exact) mass is 495 g/mol. The Kier molecular flexibility index (Phi) is 8.01. The van der Waals surface area contributed by atoms with E-state index in [1.807, 2.05) is 50.2 Å². The molecule has 0 aromatic heterocycles. The van der Waals surface area contributed by atoms with Gasteiger partial charge in [-0.1, -0.05) is 25.1 Å². The van der Waals surface area contributed by atoms with Crippen LogP contribution in [0.5, 0.6) is 0 Å². The zero-order chi connectivity index (χ0) is 20.0. The molecule has 0 spiro atoms. The lowest BCUT2D eigenvalue weighted by molar-refractivity contribution is -0.119. The van der Waals surface area contributed by atoms with Crippen LogP contribution in [-0.4, -0.2) is 36.9 Å². The number of carbonyl (C=O) groups is 2. The Labute approximate surface area is 176 Å². The number of aryl methyl sites for hydroxylation is 2. The maximum absolute atomic E-state index is 12.3. The van der Waals surface area contributed by atoms with E-state index in [0.717, 1.165) is 32.2 Å². The molecule has 7 heteroatoms. The number of nitrogens with one attached hydrogen (secondary N) is 2. The van der Waals surface area contributed by atoms with Crippen molar-refractivity contribution < 1.29 is 9.59 Å². The fraction of sp³-hybridized carbons (Fsp3) is 0.300. The molecule has 2 N–H and O–H groups in total. The van der Waals surface area contributed by atoms with Crippen LogP contribution in [0.4, 0.5) is 11.4 Å². The van der Waals surface area contributed by atoms with Gasteiger partial charge in [-0.15, -0.1) is 0 Å². The van der Waals surface area contributed by atoms with Crippen LogP contribution < -0.4 is 10.6 Å². The second kappa shape index (κ2) is 10.0. The summed E-state index contributed by atoms with van der Waals surface area (Å²) in [7, 11) is 1.74. The first-order valence-electron chi connectivity index (χ1n) is 8.62. The van der Waals surface area contributed by atoms with Crippen molar-refractivity contribution in [3.63, 3.8) is 0 Å². The molecule has 2 aromatic carbocycles. The maximum Gasteiger partial charge on any atom is 0.238 e. The number of hydrogen-bond acceptors (Lipinski definition) is 3. The third-order valence-corrected chi connectivity index (χ3v) is 5.20. The number of carbonyl (C=O) groups excluding carboxylic acids is 2. The van der Waals surface area contributed by atoms with E-state index in [1.54, 1.807) is 11.9 Å². The first-order chi connectivity index (χ1) is 12.8. The van der Waals surface area contributed by atoms with Crippen LogP contribution in [0.25, 0.3) is 0 Å². The zero-order valence-electron chi connectivity index (χ0n) is 15.6. The normalized spacial score (nSPS) is 10.7. The summed E-state index contributed by atoms with van der Waals surface area (Å²) in [6.07, 6.45) is 0.842. The van der Waals surface area contributed by atoms with Crippen LogP contribution in [-0.2, 0) is 16.0 Å². The first kappa shape index (κ1) is 21.6. The Morgan fingerprint density at radius 2 is 1.56 bits per heavy atom. The number of para-hydroxylation sites is 1. The summed E-state index contributed by atoms with van der Waals surface area (Å²) in [6, 6.07) is 11.6. The van der Waals surface area contributed by atoms with Crippen molar-refractivity contribution in [1.29, 1.82) is 0 Å². The topological polar surface area (TPSA) is 61.4 Å². The van der Waals surface area contributed by atoms with E-state index in [4.69, 9.17) is 0 Å². The maximum atomic E-state index is 12.3. The number of rotatable bonds is 7. The fourth-order valence-corrected chi connectivity index (χ4v) is 4.30. The number of hydrogen-bond donors (Lipinski definition) is 2. The molecule has 0 aliphatic carbocycles. The van der Waals surface area contributed by atoms with Crippen molar-refractivity contribution in [2.75, 3.05) is 30.8 Å². The van der Waals surface area contributed by atoms with Gasteiger partial charge in [0.15, 0.2) is 0 Å². The van der Waals surface area contributed by atoms with E-state index in [2.05, 4.69) is 42.5 Å². The predicted molar refractivity (Wildman–Crippen MR) is 117 cm³/mol. The zero-order valence-corrected chi connectivity index (χ0v) is 18.8. The van der Waals surface area contributed by atoms with Gasteiger partial charge < -0.3 is 10.6 Å². The summed E-state index contributed by atoms with van der Waals surface area (Å²) in [4.78, 5) is 26.3. The van der Waals surface area contributed by atoms with Crippen LogP contribution in [0.2, 0.25) is 0 Å². The van der Waals surface area contributed by atoms with Gasteiger partial charge in [0.1, 0.15) is 0 Å². The Balaban J connectivity index is 1.90. The lowest BCUT2D eigenvalue weighted by Crippen LogP contribution is -2.36. The van der Waals surface area contributed by atoms with Crippen molar-refractivity contribution in [2.45, 2.75) is 20.3 Å². The molecular formula is C20H23Br2N3O2. The van der Waals surface area contributed by atoms with E-state index in [9.17, 15) is 9.59 Å². The van der Waals surface area contributed by atoms with E-state index in [1.165, 1.54) is 0 Å². The third-order valence-electron chi connectivity index (χ3n) is 3.95. The highest BCUT2D eigenvalue weighted by Crippen LogP contribution is 2.32. The Hall–Kier alpha value is -1.70. The fourth-order valence-electron chi connectivity index (χ4n) is 2.68. The van der Waals surface area contributed by atoms with Crippen molar-refractivity contribution in [3.05, 3.63) is 56.5 Å². The summed E-state index contributed by atoms with van der Waals surface area (Å²) < 4.78 is 1.61. The summed E-state index contributed by atoms with van der Waals surface area (Å²) in [5.41, 5.74) is 3.66. The number of nitrogens with zero attached hydrogens (tertiary/aromatic N) is 1. The highest BCUT2D eigenvalue weighted by Gasteiger charge is 2.14. The van der Waals surface area contributed by atoms with Crippen molar-refractivity contribution in [3.8, 4) is 0 Å². The second-order valence-electron chi connectivity index (χ2n) is 6.38. The highest BCUT2D eigenvalue weighted by atomic mass is 79.9. The number of anilines is 2. The van der Waals surface area contributed by atoms with Gasteiger partial charge in [0, 0.05) is 14.6 Å². The van der Waals surface area contributed by atoms with E-state index in [-0.39, 0.29) is 24.9 Å². The molecule has 2 amide bonds. The molecule has 0 radical (unpaired) electrons. The molecule has 27 heavy (non-hydrogen) atoms. The Bertz CT molecular complexity index is 817. The SMILES string of the molecule is CCc1ccccc1NC(=O)CN(C)CC(=O)Nc1c(Br)cc(C)cc1Br. The minimum absolute atomic E-state index is 0.107. The molecule has 0 aliphatic heterocycles. The smallest absolute Gasteiger partial charge is 0.238 e. The Morgan fingerprint density at radius 3 is 2.15 bits per heavy atom. The summed E-state index contributed by atoms with van der Waals surface area (Å²) in [5, 5.41) is 5.78. The van der Waals surface area contributed by atoms with Crippen LogP contribution in [0.3, 0.4) is 0 Å². The molecule has 5 nitrogen and oxygen atoms in total. The Morgan fingerprint density at radius 1 is 1.00 bits per heavy atom. The minimum atomic E-state index is -0.190. The molecule has 0 saturated heterocycles. The number of amides is 2. The van der Waals surface area contributed by atoms with E-state index in [0.29, 0.717) is 5.69 Å². The van der Waals surface area contributed by atoms with Crippen LogP contribution in [0.1, 0.15) is 18.1 Å². The molecule has 0 heterocycles. The quantitative estimate of drug-likeness (QED) is 0.589. The van der Waals surface area contributed by atoms with Gasteiger partial charge in [0.25, 0.3) is 0 Å². The standard InChI is InChI=1S/C20H23Br2N3O2/c1-4-14-7-5-6-8-17(14)23-18(26)11-25(3)12-19(27)24-20-15(21)9-13(2)10-16(20)22/h5-10H,4,11-12H2,1-3H3,(H,23,26)(H,24,27). The predicted octanol–water partition coefficient (Wildman–Crippen LogP) is 4.59. The highest BCUT2D eigenvalue weighted by molar-refractivity contribution is 9.11. The summed E-state index contributed by atoms with van der Waals surface area (Å²) in [5.74, 6) is -0.339. The molecule has 2 rings (SSSR count). The first-order valence-corrected chi connectivity index (χ1v) is 10.2. The van der Waals surface area contributed by atoms with Gasteiger partial charge in [-0.25, -0.2) is 0 Å². The van der Waals surface area contributed by atoms with Crippen molar-refractivity contribution >= 4 is 55.0 Å². The molecule has 0 fully saturated rings. The average molecular weight is 497 g/mol.